The van der Waals surface area contributed by atoms with Crippen molar-refractivity contribution in [2.75, 3.05) is 0 Å². The zero-order valence-corrected chi connectivity index (χ0v) is 12.9. The average Bonchev–Trinajstić information content (AvgIpc) is 3.14. The summed E-state index contributed by atoms with van der Waals surface area (Å²) < 4.78 is 14.7. The van der Waals surface area contributed by atoms with Crippen LogP contribution in [0.25, 0.3) is 11.8 Å². The molecule has 0 unspecified atom stereocenters. The van der Waals surface area contributed by atoms with Gasteiger partial charge < -0.3 is 9.88 Å². The molecule has 0 aliphatic heterocycles. The normalized spacial score (nSPS) is 10.9. The number of nitrogens with one attached hydrogen (secondary N) is 1. The van der Waals surface area contributed by atoms with Gasteiger partial charge in [0.15, 0.2) is 0 Å². The maximum absolute atomic E-state index is 12.8. The van der Waals surface area contributed by atoms with Crippen LogP contribution in [-0.2, 0) is 11.3 Å². The second-order valence-corrected chi connectivity index (χ2v) is 5.20. The molecule has 0 atom stereocenters. The van der Waals surface area contributed by atoms with Crippen LogP contribution >= 0.6 is 0 Å². The predicted molar refractivity (Wildman–Crippen MR) is 90.8 cm³/mol. The lowest BCUT2D eigenvalue weighted by atomic mass is 10.1. The van der Waals surface area contributed by atoms with Crippen molar-refractivity contribution >= 4 is 12.0 Å². The van der Waals surface area contributed by atoms with Gasteiger partial charge in [-0.1, -0.05) is 30.3 Å². The van der Waals surface area contributed by atoms with E-state index in [0.29, 0.717) is 6.54 Å². The lowest BCUT2D eigenvalue weighted by Crippen LogP contribution is -2.21. The number of imidazole rings is 1. The van der Waals surface area contributed by atoms with E-state index < -0.39 is 0 Å². The molecule has 1 N–H and O–H groups in total. The second-order valence-electron chi connectivity index (χ2n) is 5.20. The number of carbonyl (C=O) groups is 1. The summed E-state index contributed by atoms with van der Waals surface area (Å²) in [5.74, 6) is -0.507. The van der Waals surface area contributed by atoms with Crippen LogP contribution in [0.15, 0.2) is 73.3 Å². The summed E-state index contributed by atoms with van der Waals surface area (Å²) >= 11 is 0. The van der Waals surface area contributed by atoms with Gasteiger partial charge >= 0.3 is 0 Å². The van der Waals surface area contributed by atoms with Gasteiger partial charge in [0.1, 0.15) is 5.82 Å². The average molecular weight is 321 g/mol. The van der Waals surface area contributed by atoms with Crippen LogP contribution in [-0.4, -0.2) is 15.5 Å². The first-order valence-electron chi connectivity index (χ1n) is 7.50. The number of aromatic nitrogens is 2. The van der Waals surface area contributed by atoms with Gasteiger partial charge in [-0.05, 0) is 35.4 Å². The van der Waals surface area contributed by atoms with Crippen LogP contribution in [0.3, 0.4) is 0 Å². The Morgan fingerprint density at radius 3 is 2.71 bits per heavy atom. The number of carbonyl (C=O) groups excluding carboxylic acids is 1. The van der Waals surface area contributed by atoms with E-state index in [1.807, 2.05) is 35.0 Å². The summed E-state index contributed by atoms with van der Waals surface area (Å²) in [6.45, 7) is 0.404. The van der Waals surface area contributed by atoms with Gasteiger partial charge in [-0.25, -0.2) is 9.37 Å². The first-order chi connectivity index (χ1) is 11.7. The molecular weight excluding hydrogens is 305 g/mol. The van der Waals surface area contributed by atoms with E-state index in [2.05, 4.69) is 10.3 Å². The van der Waals surface area contributed by atoms with Crippen molar-refractivity contribution in [3.63, 3.8) is 0 Å². The highest BCUT2D eigenvalue weighted by atomic mass is 19.1. The molecule has 0 spiro atoms. The lowest BCUT2D eigenvalue weighted by molar-refractivity contribution is -0.116. The summed E-state index contributed by atoms with van der Waals surface area (Å²) in [7, 11) is 0. The van der Waals surface area contributed by atoms with E-state index in [0.717, 1.165) is 16.8 Å². The second kappa shape index (κ2) is 7.37. The molecule has 1 aromatic heterocycles. The molecule has 2 aromatic carbocycles. The molecule has 3 rings (SSSR count). The summed E-state index contributed by atoms with van der Waals surface area (Å²) in [6, 6.07) is 13.8. The fraction of sp³-hybridized carbons (Fsp3) is 0.0526. The first kappa shape index (κ1) is 15.7. The lowest BCUT2D eigenvalue weighted by Gasteiger charge is -2.10. The van der Waals surface area contributed by atoms with Gasteiger partial charge in [0, 0.05) is 25.0 Å². The Bertz CT molecular complexity index is 839. The monoisotopic (exact) mass is 321 g/mol. The van der Waals surface area contributed by atoms with Crippen molar-refractivity contribution in [3.8, 4) is 5.69 Å². The van der Waals surface area contributed by atoms with Crippen LogP contribution in [0.4, 0.5) is 4.39 Å². The van der Waals surface area contributed by atoms with Gasteiger partial charge in [-0.15, -0.1) is 0 Å². The van der Waals surface area contributed by atoms with Gasteiger partial charge in [0.05, 0.1) is 12.0 Å². The number of hydrogen-bond acceptors (Lipinski definition) is 2. The van der Waals surface area contributed by atoms with Crippen molar-refractivity contribution in [2.24, 2.45) is 0 Å². The molecule has 0 aliphatic rings. The van der Waals surface area contributed by atoms with Gasteiger partial charge in [0.2, 0.25) is 5.91 Å². The Morgan fingerprint density at radius 2 is 1.96 bits per heavy atom. The van der Waals surface area contributed by atoms with Crippen molar-refractivity contribution in [3.05, 3.63) is 90.3 Å². The molecule has 1 heterocycles. The molecule has 1 amide bonds. The number of halogens is 1. The van der Waals surface area contributed by atoms with Crippen LogP contribution in [0, 0.1) is 5.82 Å². The fourth-order valence-corrected chi connectivity index (χ4v) is 2.30. The first-order valence-corrected chi connectivity index (χ1v) is 7.50. The molecule has 4 nitrogen and oxygen atoms in total. The SMILES string of the molecule is O=C(/C=C/c1ccc(F)cc1)NCc1ccccc1-n1ccnc1. The van der Waals surface area contributed by atoms with E-state index in [1.54, 1.807) is 30.7 Å². The molecule has 120 valence electrons. The van der Waals surface area contributed by atoms with Crippen molar-refractivity contribution < 1.29 is 9.18 Å². The van der Waals surface area contributed by atoms with Crippen LogP contribution in [0.1, 0.15) is 11.1 Å². The quantitative estimate of drug-likeness (QED) is 0.733. The molecule has 0 saturated carbocycles. The number of hydrogen-bond donors (Lipinski definition) is 1. The Morgan fingerprint density at radius 1 is 1.17 bits per heavy atom. The van der Waals surface area contributed by atoms with Gasteiger partial charge in [-0.2, -0.15) is 0 Å². The van der Waals surface area contributed by atoms with Crippen LogP contribution in [0.5, 0.6) is 0 Å². The van der Waals surface area contributed by atoms with Gasteiger partial charge in [0.25, 0.3) is 0 Å². The minimum atomic E-state index is -0.298. The van der Waals surface area contributed by atoms with E-state index in [-0.39, 0.29) is 11.7 Å². The predicted octanol–water partition coefficient (Wildman–Crippen LogP) is 3.34. The molecule has 0 bridgehead atoms. The standard InChI is InChI=1S/C19H16FN3O/c20-17-8-5-15(6-9-17)7-10-19(24)22-13-16-3-1-2-4-18(16)23-12-11-21-14-23/h1-12,14H,13H2,(H,22,24)/b10-7+. The molecule has 24 heavy (non-hydrogen) atoms. The number of rotatable bonds is 5. The van der Waals surface area contributed by atoms with Crippen molar-refractivity contribution in [1.29, 1.82) is 0 Å². The summed E-state index contributed by atoms with van der Waals surface area (Å²) in [5, 5.41) is 2.85. The van der Waals surface area contributed by atoms with E-state index in [1.165, 1.54) is 18.2 Å². The minimum Gasteiger partial charge on any atom is -0.348 e. The molecule has 3 aromatic rings. The largest absolute Gasteiger partial charge is 0.348 e. The number of para-hydroxylation sites is 1. The third-order valence-electron chi connectivity index (χ3n) is 3.52. The smallest absolute Gasteiger partial charge is 0.244 e. The highest BCUT2D eigenvalue weighted by Gasteiger charge is 2.04. The Kier molecular flexibility index (Phi) is 4.81. The topological polar surface area (TPSA) is 46.9 Å². The highest BCUT2D eigenvalue weighted by Crippen LogP contribution is 2.13. The van der Waals surface area contributed by atoms with Gasteiger partial charge in [-0.3, -0.25) is 4.79 Å². The molecule has 0 fully saturated rings. The Hall–Kier alpha value is -3.21. The maximum Gasteiger partial charge on any atom is 0.244 e. The fourth-order valence-electron chi connectivity index (χ4n) is 2.30. The Labute approximate surface area is 139 Å². The zero-order valence-electron chi connectivity index (χ0n) is 12.9. The molecular formula is C19H16FN3O. The number of benzene rings is 2. The van der Waals surface area contributed by atoms with Crippen LogP contribution in [0.2, 0.25) is 0 Å². The molecule has 5 heteroatoms. The van der Waals surface area contributed by atoms with E-state index in [4.69, 9.17) is 0 Å². The Balaban J connectivity index is 1.64. The van der Waals surface area contributed by atoms with Crippen LogP contribution < -0.4 is 5.32 Å². The summed E-state index contributed by atoms with van der Waals surface area (Å²) in [4.78, 5) is 16.0. The summed E-state index contributed by atoms with van der Waals surface area (Å²) in [6.07, 6.45) is 8.37. The van der Waals surface area contributed by atoms with E-state index >= 15 is 0 Å². The van der Waals surface area contributed by atoms with Crippen molar-refractivity contribution in [2.45, 2.75) is 6.54 Å². The molecule has 0 saturated heterocycles. The third-order valence-corrected chi connectivity index (χ3v) is 3.52. The maximum atomic E-state index is 12.8. The zero-order chi connectivity index (χ0) is 16.8. The number of nitrogens with zero attached hydrogens (tertiary/aromatic N) is 2. The number of amides is 1. The van der Waals surface area contributed by atoms with E-state index in [9.17, 15) is 9.18 Å². The molecule has 0 aliphatic carbocycles. The molecule has 0 radical (unpaired) electrons. The highest BCUT2D eigenvalue weighted by molar-refractivity contribution is 5.91. The third kappa shape index (κ3) is 3.95. The summed E-state index contributed by atoms with van der Waals surface area (Å²) in [5.41, 5.74) is 2.72. The van der Waals surface area contributed by atoms with Crippen molar-refractivity contribution in [1.82, 2.24) is 14.9 Å². The minimum absolute atomic E-state index is 0.209.